The van der Waals surface area contributed by atoms with E-state index in [1.165, 1.54) is 33.4 Å². The fraction of sp³-hybridized carbons (Fsp3) is 0. The largest absolute Gasteiger partial charge is 0.456 e. The van der Waals surface area contributed by atoms with Gasteiger partial charge in [-0.15, -0.1) is 0 Å². The molecule has 9 aromatic rings. The van der Waals surface area contributed by atoms with Crippen molar-refractivity contribution in [3.8, 4) is 44.5 Å². The zero-order valence-electron chi connectivity index (χ0n) is 27.4. The molecule has 0 aliphatic carbocycles. The molecule has 0 unspecified atom stereocenters. The van der Waals surface area contributed by atoms with E-state index in [0.29, 0.717) is 0 Å². The molecule has 0 saturated heterocycles. The van der Waals surface area contributed by atoms with Crippen LogP contribution in [-0.4, -0.2) is 0 Å². The van der Waals surface area contributed by atoms with E-state index in [2.05, 4.69) is 193 Å². The normalized spacial score (nSPS) is 11.2. The molecule has 1 heterocycles. The molecular weight excluding hydrogens is 607 g/mol. The molecule has 1 aromatic heterocycles. The molecule has 0 spiro atoms. The summed E-state index contributed by atoms with van der Waals surface area (Å²) in [7, 11) is 0. The van der Waals surface area contributed by atoms with Crippen molar-refractivity contribution in [2.24, 2.45) is 0 Å². The third-order valence-corrected chi connectivity index (χ3v) is 9.47. The van der Waals surface area contributed by atoms with Gasteiger partial charge in [-0.2, -0.15) is 0 Å². The molecule has 2 heteroatoms. The van der Waals surface area contributed by atoms with E-state index in [0.717, 1.165) is 50.1 Å². The second kappa shape index (κ2) is 12.8. The second-order valence-corrected chi connectivity index (χ2v) is 12.5. The molecule has 0 radical (unpaired) electrons. The van der Waals surface area contributed by atoms with Crippen molar-refractivity contribution < 1.29 is 4.42 Å². The summed E-state index contributed by atoms with van der Waals surface area (Å²) in [5.74, 6) is 0. The molecule has 0 fully saturated rings. The molecule has 0 N–H and O–H groups in total. The lowest BCUT2D eigenvalue weighted by Crippen LogP contribution is -2.11. The third-order valence-electron chi connectivity index (χ3n) is 9.47. The summed E-state index contributed by atoms with van der Waals surface area (Å²) in [4.78, 5) is 2.37. The lowest BCUT2D eigenvalue weighted by atomic mass is 9.93. The van der Waals surface area contributed by atoms with Crippen molar-refractivity contribution in [3.63, 3.8) is 0 Å². The number of anilines is 3. The summed E-state index contributed by atoms with van der Waals surface area (Å²) >= 11 is 0. The van der Waals surface area contributed by atoms with Gasteiger partial charge in [-0.25, -0.2) is 0 Å². The SMILES string of the molecule is c1ccc(-c2cccc(-c3cccc(N(c4ccc5c(c4)oc4ccccc45)c4ccccc4-c4ccccc4-c4ccccc4)c3)c2)cc1. The molecule has 8 aromatic carbocycles. The maximum atomic E-state index is 6.43. The summed E-state index contributed by atoms with van der Waals surface area (Å²) in [5.41, 5.74) is 14.4. The minimum absolute atomic E-state index is 0.864. The Kier molecular flexibility index (Phi) is 7.53. The van der Waals surface area contributed by atoms with Gasteiger partial charge in [0.05, 0.1) is 5.69 Å². The summed E-state index contributed by atoms with van der Waals surface area (Å²) in [6.45, 7) is 0. The number of para-hydroxylation sites is 2. The van der Waals surface area contributed by atoms with Gasteiger partial charge in [-0.05, 0) is 81.4 Å². The van der Waals surface area contributed by atoms with E-state index in [-0.39, 0.29) is 0 Å². The van der Waals surface area contributed by atoms with E-state index in [4.69, 9.17) is 4.42 Å². The van der Waals surface area contributed by atoms with Gasteiger partial charge in [0, 0.05) is 33.8 Å². The van der Waals surface area contributed by atoms with Gasteiger partial charge < -0.3 is 9.32 Å². The Labute approximate surface area is 292 Å². The number of rotatable bonds is 7. The van der Waals surface area contributed by atoms with Crippen LogP contribution in [0.25, 0.3) is 66.4 Å². The maximum Gasteiger partial charge on any atom is 0.137 e. The van der Waals surface area contributed by atoms with Gasteiger partial charge in [-0.3, -0.25) is 0 Å². The molecule has 50 heavy (non-hydrogen) atoms. The molecule has 9 rings (SSSR count). The zero-order valence-corrected chi connectivity index (χ0v) is 27.4. The molecule has 0 bridgehead atoms. The average molecular weight is 640 g/mol. The lowest BCUT2D eigenvalue weighted by Gasteiger charge is -2.29. The first-order valence-corrected chi connectivity index (χ1v) is 17.0. The summed E-state index contributed by atoms with van der Waals surface area (Å²) < 4.78 is 6.43. The predicted octanol–water partition coefficient (Wildman–Crippen LogP) is 13.7. The standard InChI is InChI=1S/C48H33NO/c1-3-15-34(16-4-1)36-19-13-20-37(31-36)38-21-14-22-39(32-38)49(40-29-30-45-44-26-10-12-28-47(44)50-48(45)33-40)46-27-11-9-25-43(46)42-24-8-7-23-41(42)35-17-5-2-6-18-35/h1-33H. The predicted molar refractivity (Wildman–Crippen MR) is 210 cm³/mol. The van der Waals surface area contributed by atoms with E-state index in [1.807, 2.05) is 12.1 Å². The Morgan fingerprint density at radius 2 is 0.840 bits per heavy atom. The van der Waals surface area contributed by atoms with Crippen LogP contribution >= 0.6 is 0 Å². The van der Waals surface area contributed by atoms with Crippen LogP contribution in [0.2, 0.25) is 0 Å². The highest BCUT2D eigenvalue weighted by atomic mass is 16.3. The number of nitrogens with zero attached hydrogens (tertiary/aromatic N) is 1. The lowest BCUT2D eigenvalue weighted by molar-refractivity contribution is 0.669. The Balaban J connectivity index is 1.24. The molecule has 0 saturated carbocycles. The summed E-state index contributed by atoms with van der Waals surface area (Å²) in [5, 5.41) is 2.23. The highest BCUT2D eigenvalue weighted by Gasteiger charge is 2.21. The van der Waals surface area contributed by atoms with Crippen molar-refractivity contribution in [2.45, 2.75) is 0 Å². The van der Waals surface area contributed by atoms with E-state index >= 15 is 0 Å². The Bertz CT molecular complexity index is 2600. The van der Waals surface area contributed by atoms with E-state index < -0.39 is 0 Å². The number of fused-ring (bicyclic) bond motifs is 3. The van der Waals surface area contributed by atoms with Crippen molar-refractivity contribution >= 4 is 39.0 Å². The smallest absolute Gasteiger partial charge is 0.137 e. The highest BCUT2D eigenvalue weighted by molar-refractivity contribution is 6.06. The quantitative estimate of drug-likeness (QED) is 0.173. The van der Waals surface area contributed by atoms with E-state index in [1.54, 1.807) is 0 Å². The zero-order chi connectivity index (χ0) is 33.3. The molecule has 0 amide bonds. The first kappa shape index (κ1) is 29.5. The maximum absolute atomic E-state index is 6.43. The van der Waals surface area contributed by atoms with Crippen LogP contribution in [0.5, 0.6) is 0 Å². The van der Waals surface area contributed by atoms with Crippen molar-refractivity contribution in [2.75, 3.05) is 4.90 Å². The molecule has 2 nitrogen and oxygen atoms in total. The van der Waals surface area contributed by atoms with Crippen LogP contribution in [0, 0.1) is 0 Å². The number of hydrogen-bond donors (Lipinski definition) is 0. The molecule has 0 aliphatic heterocycles. The Hall–Kier alpha value is -6.64. The topological polar surface area (TPSA) is 16.4 Å². The number of benzene rings is 8. The van der Waals surface area contributed by atoms with Crippen LogP contribution in [-0.2, 0) is 0 Å². The van der Waals surface area contributed by atoms with Crippen LogP contribution in [0.1, 0.15) is 0 Å². The highest BCUT2D eigenvalue weighted by Crippen LogP contribution is 2.45. The van der Waals surface area contributed by atoms with Crippen molar-refractivity contribution in [3.05, 3.63) is 200 Å². The van der Waals surface area contributed by atoms with Crippen molar-refractivity contribution in [1.29, 1.82) is 0 Å². The first-order valence-electron chi connectivity index (χ1n) is 17.0. The van der Waals surface area contributed by atoms with Gasteiger partial charge in [0.25, 0.3) is 0 Å². The van der Waals surface area contributed by atoms with Gasteiger partial charge in [0.2, 0.25) is 0 Å². The average Bonchev–Trinajstić information content (AvgIpc) is 3.57. The van der Waals surface area contributed by atoms with Gasteiger partial charge >= 0.3 is 0 Å². The second-order valence-electron chi connectivity index (χ2n) is 12.5. The van der Waals surface area contributed by atoms with Crippen LogP contribution in [0.3, 0.4) is 0 Å². The summed E-state index contributed by atoms with van der Waals surface area (Å²) in [6.07, 6.45) is 0. The van der Waals surface area contributed by atoms with E-state index in [9.17, 15) is 0 Å². The Morgan fingerprint density at radius 3 is 1.64 bits per heavy atom. The van der Waals surface area contributed by atoms with Crippen molar-refractivity contribution in [1.82, 2.24) is 0 Å². The van der Waals surface area contributed by atoms with Gasteiger partial charge in [-0.1, -0.05) is 152 Å². The van der Waals surface area contributed by atoms with Gasteiger partial charge in [0.1, 0.15) is 11.2 Å². The molecule has 0 aliphatic rings. The fourth-order valence-electron chi connectivity index (χ4n) is 7.10. The molecule has 0 atom stereocenters. The summed E-state index contributed by atoms with van der Waals surface area (Å²) in [6, 6.07) is 71.1. The minimum Gasteiger partial charge on any atom is -0.456 e. The molecule has 236 valence electrons. The Morgan fingerprint density at radius 1 is 0.300 bits per heavy atom. The molecular formula is C48H33NO. The first-order chi connectivity index (χ1) is 24.8. The fourth-order valence-corrected chi connectivity index (χ4v) is 7.10. The van der Waals surface area contributed by atoms with Crippen LogP contribution < -0.4 is 4.90 Å². The number of furan rings is 1. The van der Waals surface area contributed by atoms with Gasteiger partial charge in [0.15, 0.2) is 0 Å². The van der Waals surface area contributed by atoms with Crippen LogP contribution in [0.15, 0.2) is 205 Å². The minimum atomic E-state index is 0.864. The number of hydrogen-bond acceptors (Lipinski definition) is 2. The third kappa shape index (κ3) is 5.43. The monoisotopic (exact) mass is 639 g/mol. The van der Waals surface area contributed by atoms with Crippen LogP contribution in [0.4, 0.5) is 17.1 Å².